The SMILES string of the molecule is BrCCC=CCc1ccc2ccccc2n1. The molecule has 0 saturated heterocycles. The maximum Gasteiger partial charge on any atom is 0.0705 e. The van der Waals surface area contributed by atoms with E-state index in [-0.39, 0.29) is 0 Å². The van der Waals surface area contributed by atoms with Crippen LogP contribution in [-0.2, 0) is 6.42 Å². The Morgan fingerprint density at radius 2 is 1.94 bits per heavy atom. The average molecular weight is 276 g/mol. The molecule has 16 heavy (non-hydrogen) atoms. The van der Waals surface area contributed by atoms with E-state index in [2.05, 4.69) is 57.3 Å². The predicted octanol–water partition coefficient (Wildman–Crippen LogP) is 4.12. The molecule has 0 unspecified atom stereocenters. The summed E-state index contributed by atoms with van der Waals surface area (Å²) >= 11 is 3.40. The molecule has 0 radical (unpaired) electrons. The number of allylic oxidation sites excluding steroid dienone is 2. The molecule has 1 aromatic heterocycles. The molecule has 82 valence electrons. The minimum Gasteiger partial charge on any atom is -0.253 e. The van der Waals surface area contributed by atoms with Crippen LogP contribution in [0.4, 0.5) is 0 Å². The van der Waals surface area contributed by atoms with Gasteiger partial charge >= 0.3 is 0 Å². The minimum atomic E-state index is 0.915. The normalized spacial score (nSPS) is 11.3. The van der Waals surface area contributed by atoms with Crippen molar-refractivity contribution in [3.63, 3.8) is 0 Å². The Balaban J connectivity index is 2.13. The Kier molecular flexibility index (Phi) is 4.11. The van der Waals surface area contributed by atoms with E-state index in [0.29, 0.717) is 0 Å². The summed E-state index contributed by atoms with van der Waals surface area (Å²) in [7, 11) is 0. The lowest BCUT2D eigenvalue weighted by Gasteiger charge is -1.99. The molecule has 1 nitrogen and oxygen atoms in total. The third kappa shape index (κ3) is 2.92. The fraction of sp³-hybridized carbons (Fsp3) is 0.214. The Labute approximate surface area is 104 Å². The number of hydrogen-bond donors (Lipinski definition) is 0. The van der Waals surface area contributed by atoms with Gasteiger partial charge in [0, 0.05) is 22.8 Å². The summed E-state index contributed by atoms with van der Waals surface area (Å²) in [6.45, 7) is 0. The quantitative estimate of drug-likeness (QED) is 0.604. The Hall–Kier alpha value is -1.15. The lowest BCUT2D eigenvalue weighted by molar-refractivity contribution is 1.12. The van der Waals surface area contributed by atoms with Crippen LogP contribution in [0.2, 0.25) is 0 Å². The van der Waals surface area contributed by atoms with Gasteiger partial charge in [0.25, 0.3) is 0 Å². The molecule has 2 rings (SSSR count). The summed E-state index contributed by atoms with van der Waals surface area (Å²) in [5.41, 5.74) is 2.21. The van der Waals surface area contributed by atoms with Crippen LogP contribution in [0.15, 0.2) is 48.6 Å². The molecule has 0 spiro atoms. The Morgan fingerprint density at radius 1 is 1.06 bits per heavy atom. The Morgan fingerprint density at radius 3 is 2.81 bits per heavy atom. The maximum absolute atomic E-state index is 4.61. The number of nitrogens with zero attached hydrogens (tertiary/aromatic N) is 1. The first-order chi connectivity index (χ1) is 7.90. The van der Waals surface area contributed by atoms with Crippen LogP contribution in [0.5, 0.6) is 0 Å². The summed E-state index contributed by atoms with van der Waals surface area (Å²) in [6, 6.07) is 12.4. The molecular weight excluding hydrogens is 262 g/mol. The fourth-order valence-corrected chi connectivity index (χ4v) is 1.87. The number of alkyl halides is 1. The number of hydrogen-bond acceptors (Lipinski definition) is 1. The van der Waals surface area contributed by atoms with Crippen LogP contribution in [-0.4, -0.2) is 10.3 Å². The third-order valence-corrected chi connectivity index (χ3v) is 2.88. The van der Waals surface area contributed by atoms with Crippen molar-refractivity contribution in [1.82, 2.24) is 4.98 Å². The third-order valence-electron chi connectivity index (χ3n) is 2.43. The van der Waals surface area contributed by atoms with Crippen molar-refractivity contribution >= 4 is 26.8 Å². The van der Waals surface area contributed by atoms with Crippen molar-refractivity contribution in [2.24, 2.45) is 0 Å². The van der Waals surface area contributed by atoms with Crippen LogP contribution >= 0.6 is 15.9 Å². The number of benzene rings is 1. The van der Waals surface area contributed by atoms with Gasteiger partial charge in [0.15, 0.2) is 0 Å². The van der Waals surface area contributed by atoms with Crippen LogP contribution in [0.25, 0.3) is 10.9 Å². The molecule has 0 amide bonds. The van der Waals surface area contributed by atoms with Gasteiger partial charge in [-0.25, -0.2) is 0 Å². The summed E-state index contributed by atoms with van der Waals surface area (Å²) in [6.07, 6.45) is 6.36. The van der Waals surface area contributed by atoms with E-state index in [1.54, 1.807) is 0 Å². The second kappa shape index (κ2) is 5.80. The molecule has 0 aliphatic heterocycles. The van der Waals surface area contributed by atoms with Crippen molar-refractivity contribution in [2.45, 2.75) is 12.8 Å². The lowest BCUT2D eigenvalue weighted by atomic mass is 10.2. The van der Waals surface area contributed by atoms with Crippen LogP contribution in [0, 0.1) is 0 Å². The second-order valence-electron chi connectivity index (χ2n) is 3.65. The first-order valence-corrected chi connectivity index (χ1v) is 6.58. The van der Waals surface area contributed by atoms with E-state index >= 15 is 0 Å². The van der Waals surface area contributed by atoms with E-state index in [0.717, 1.165) is 29.4 Å². The van der Waals surface area contributed by atoms with Gasteiger partial charge in [0.2, 0.25) is 0 Å². The molecule has 0 bridgehead atoms. The van der Waals surface area contributed by atoms with E-state index in [9.17, 15) is 0 Å². The molecule has 1 aromatic carbocycles. The molecule has 0 aliphatic rings. The lowest BCUT2D eigenvalue weighted by Crippen LogP contribution is -1.87. The van der Waals surface area contributed by atoms with Crippen molar-refractivity contribution in [3.8, 4) is 0 Å². The van der Waals surface area contributed by atoms with E-state index in [1.165, 1.54) is 5.39 Å². The van der Waals surface area contributed by atoms with E-state index in [4.69, 9.17) is 0 Å². The van der Waals surface area contributed by atoms with Gasteiger partial charge in [0.05, 0.1) is 5.52 Å². The summed E-state index contributed by atoms with van der Waals surface area (Å²) in [5, 5.41) is 2.23. The van der Waals surface area contributed by atoms with Crippen molar-refractivity contribution in [1.29, 1.82) is 0 Å². The summed E-state index contributed by atoms with van der Waals surface area (Å²) in [4.78, 5) is 4.61. The number of para-hydroxylation sites is 1. The van der Waals surface area contributed by atoms with Gasteiger partial charge in [-0.15, -0.1) is 0 Å². The zero-order valence-electron chi connectivity index (χ0n) is 9.07. The number of aromatic nitrogens is 1. The molecule has 0 aliphatic carbocycles. The second-order valence-corrected chi connectivity index (χ2v) is 4.44. The van der Waals surface area contributed by atoms with Gasteiger partial charge in [-0.3, -0.25) is 4.98 Å². The molecule has 0 saturated carbocycles. The van der Waals surface area contributed by atoms with Gasteiger partial charge in [-0.1, -0.05) is 52.3 Å². The number of rotatable bonds is 4. The van der Waals surface area contributed by atoms with Crippen molar-refractivity contribution in [3.05, 3.63) is 54.2 Å². The van der Waals surface area contributed by atoms with Crippen molar-refractivity contribution < 1.29 is 0 Å². The average Bonchev–Trinajstić information content (AvgIpc) is 2.34. The highest BCUT2D eigenvalue weighted by Crippen LogP contribution is 2.12. The van der Waals surface area contributed by atoms with Crippen LogP contribution < -0.4 is 0 Å². The van der Waals surface area contributed by atoms with E-state index < -0.39 is 0 Å². The number of fused-ring (bicyclic) bond motifs is 1. The first kappa shape index (κ1) is 11.3. The summed E-state index contributed by atoms with van der Waals surface area (Å²) < 4.78 is 0. The van der Waals surface area contributed by atoms with Gasteiger partial charge in [-0.2, -0.15) is 0 Å². The monoisotopic (exact) mass is 275 g/mol. The van der Waals surface area contributed by atoms with E-state index in [1.807, 2.05) is 12.1 Å². The van der Waals surface area contributed by atoms with Crippen LogP contribution in [0.3, 0.4) is 0 Å². The Bertz CT molecular complexity index is 491. The minimum absolute atomic E-state index is 0.915. The number of halogens is 1. The number of pyridine rings is 1. The molecule has 0 atom stereocenters. The standard InChI is InChI=1S/C14H14BrN/c15-11-5-1-2-7-13-10-9-12-6-3-4-8-14(12)16-13/h1-4,6,8-10H,5,7,11H2. The molecule has 0 N–H and O–H groups in total. The fourth-order valence-electron chi connectivity index (χ4n) is 1.61. The molecular formula is C14H14BrN. The summed E-state index contributed by atoms with van der Waals surface area (Å²) in [5.74, 6) is 0. The first-order valence-electron chi connectivity index (χ1n) is 5.46. The zero-order valence-corrected chi connectivity index (χ0v) is 10.7. The van der Waals surface area contributed by atoms with Crippen molar-refractivity contribution in [2.75, 3.05) is 5.33 Å². The smallest absolute Gasteiger partial charge is 0.0705 e. The highest BCUT2D eigenvalue weighted by atomic mass is 79.9. The molecule has 1 heterocycles. The van der Waals surface area contributed by atoms with Gasteiger partial charge in [0.1, 0.15) is 0 Å². The van der Waals surface area contributed by atoms with Crippen LogP contribution in [0.1, 0.15) is 12.1 Å². The molecule has 2 heteroatoms. The highest BCUT2D eigenvalue weighted by molar-refractivity contribution is 9.09. The molecule has 0 fully saturated rings. The van der Waals surface area contributed by atoms with Gasteiger partial charge in [-0.05, 0) is 18.6 Å². The molecule has 2 aromatic rings. The largest absolute Gasteiger partial charge is 0.253 e. The predicted molar refractivity (Wildman–Crippen MR) is 73.0 cm³/mol. The zero-order chi connectivity index (χ0) is 11.2. The topological polar surface area (TPSA) is 12.9 Å². The highest BCUT2D eigenvalue weighted by Gasteiger charge is 1.95. The maximum atomic E-state index is 4.61. The van der Waals surface area contributed by atoms with Gasteiger partial charge < -0.3 is 0 Å².